The van der Waals surface area contributed by atoms with E-state index < -0.39 is 14.4 Å². The van der Waals surface area contributed by atoms with Crippen LogP contribution in [0.1, 0.15) is 31.9 Å². The molecule has 0 bridgehead atoms. The molecule has 0 N–H and O–H groups in total. The highest BCUT2D eigenvalue weighted by Crippen LogP contribution is 2.36. The molecule has 0 heterocycles. The molecule has 0 spiro atoms. The van der Waals surface area contributed by atoms with Crippen LogP contribution in [-0.2, 0) is 31.9 Å². The maximum absolute atomic E-state index is 13.7. The van der Waals surface area contributed by atoms with Crippen molar-refractivity contribution in [2.45, 2.75) is 45.1 Å². The number of hydrogen-bond donors (Lipinski definition) is 0. The van der Waals surface area contributed by atoms with Gasteiger partial charge in [0.2, 0.25) is 0 Å². The highest BCUT2D eigenvalue weighted by atomic mass is 28.4. The van der Waals surface area contributed by atoms with E-state index in [0.717, 1.165) is 21.5 Å². The van der Waals surface area contributed by atoms with Crippen molar-refractivity contribution in [2.24, 2.45) is 0 Å². The van der Waals surface area contributed by atoms with Gasteiger partial charge in [-0.15, -0.1) is 0 Å². The number of carbonyl (C=O) groups excluding carboxylic acids is 1. The summed E-state index contributed by atoms with van der Waals surface area (Å²) in [4.78, 5) is 13.7. The Morgan fingerprint density at radius 3 is 1.56 bits per heavy atom. The minimum Gasteiger partial charge on any atom is -0.400 e. The van der Waals surface area contributed by atoms with E-state index >= 15 is 0 Å². The van der Waals surface area contributed by atoms with E-state index in [9.17, 15) is 4.79 Å². The number of rotatable bonds is 13. The number of Topliss-reactive ketones (excluding diaryl/α,β-unsaturated/α-hetero) is 1. The molecular weight excluding hydrogens is 500 g/mol. The molecule has 4 nitrogen and oxygen atoms in total. The second-order valence-corrected chi connectivity index (χ2v) is 15.0. The van der Waals surface area contributed by atoms with E-state index in [1.54, 1.807) is 0 Å². The predicted octanol–water partition coefficient (Wildman–Crippen LogP) is 5.93. The molecule has 4 aromatic rings. The summed E-state index contributed by atoms with van der Waals surface area (Å²) in [6.45, 7) is 7.45. The topological polar surface area (TPSA) is 44.8 Å². The Hall–Kier alpha value is -3.35. The van der Waals surface area contributed by atoms with E-state index in [1.165, 1.54) is 0 Å². The summed E-state index contributed by atoms with van der Waals surface area (Å²) in [7, 11) is -2.85. The van der Waals surface area contributed by atoms with Crippen molar-refractivity contribution in [3.63, 3.8) is 0 Å². The minimum absolute atomic E-state index is 0.0541. The third-order valence-corrected chi connectivity index (χ3v) is 11.9. The fourth-order valence-corrected chi connectivity index (χ4v) is 9.41. The molecule has 0 saturated heterocycles. The van der Waals surface area contributed by atoms with E-state index in [4.69, 9.17) is 13.9 Å². The lowest BCUT2D eigenvalue weighted by Gasteiger charge is -2.43. The third-order valence-electron chi connectivity index (χ3n) is 6.88. The van der Waals surface area contributed by atoms with Crippen molar-refractivity contribution in [1.82, 2.24) is 0 Å². The Labute approximate surface area is 233 Å². The number of hydrogen-bond acceptors (Lipinski definition) is 4. The average Bonchev–Trinajstić information content (AvgIpc) is 2.96. The molecule has 0 saturated carbocycles. The normalized spacial score (nSPS) is 12.7. The van der Waals surface area contributed by atoms with Gasteiger partial charge in [0, 0.05) is 0 Å². The standard InChI is InChI=1S/C34H38O4Si/c1-34(2,3)39(30-20-12-6-13-21-30,31-22-14-7-15-23-31)38-26-32(35)33(37-25-29-18-10-5-11-19-29)27-36-24-28-16-8-4-9-17-28/h4-23,33H,24-27H2,1-3H3/t33-/m0/s1. The SMILES string of the molecule is CC(C)(C)[Si](OCC(=O)[C@H](COCc1ccccc1)OCc1ccccc1)(c1ccccc1)c1ccccc1. The van der Waals surface area contributed by atoms with Gasteiger partial charge in [-0.25, -0.2) is 0 Å². The first-order chi connectivity index (χ1) is 18.9. The maximum atomic E-state index is 13.7. The van der Waals surface area contributed by atoms with E-state index in [2.05, 4.69) is 45.0 Å². The van der Waals surface area contributed by atoms with Gasteiger partial charge in [-0.1, -0.05) is 142 Å². The van der Waals surface area contributed by atoms with Gasteiger partial charge >= 0.3 is 0 Å². The minimum atomic E-state index is -2.85. The molecule has 0 radical (unpaired) electrons. The lowest BCUT2D eigenvalue weighted by molar-refractivity contribution is -0.138. The molecule has 0 aliphatic carbocycles. The molecule has 4 aromatic carbocycles. The summed E-state index contributed by atoms with van der Waals surface area (Å²) in [6.07, 6.45) is -0.743. The van der Waals surface area contributed by atoms with Crippen molar-refractivity contribution in [1.29, 1.82) is 0 Å². The van der Waals surface area contributed by atoms with Gasteiger partial charge in [0.05, 0.1) is 26.4 Å². The molecule has 5 heteroatoms. The maximum Gasteiger partial charge on any atom is 0.261 e. The first kappa shape index (κ1) is 28.6. The van der Waals surface area contributed by atoms with Crippen LogP contribution in [0.2, 0.25) is 5.04 Å². The Kier molecular flexibility index (Phi) is 10.0. The second-order valence-electron chi connectivity index (χ2n) is 10.7. The fourth-order valence-electron chi connectivity index (χ4n) is 4.90. The highest BCUT2D eigenvalue weighted by molar-refractivity contribution is 6.99. The largest absolute Gasteiger partial charge is 0.400 e. The zero-order chi connectivity index (χ0) is 27.6. The molecular formula is C34H38O4Si. The number of benzene rings is 4. The second kappa shape index (κ2) is 13.6. The first-order valence-corrected chi connectivity index (χ1v) is 15.4. The van der Waals surface area contributed by atoms with Crippen molar-refractivity contribution in [2.75, 3.05) is 13.2 Å². The van der Waals surface area contributed by atoms with Gasteiger partial charge < -0.3 is 13.9 Å². The molecule has 4 rings (SSSR count). The van der Waals surface area contributed by atoms with Crippen LogP contribution in [0, 0.1) is 0 Å². The zero-order valence-electron chi connectivity index (χ0n) is 23.1. The summed E-state index contributed by atoms with van der Waals surface area (Å²) < 4.78 is 19.0. The first-order valence-electron chi connectivity index (χ1n) is 13.4. The fraction of sp³-hybridized carbons (Fsp3) is 0.265. The lowest BCUT2D eigenvalue weighted by Crippen LogP contribution is -2.67. The Morgan fingerprint density at radius 2 is 1.10 bits per heavy atom. The summed E-state index contributed by atoms with van der Waals surface area (Å²) in [5.41, 5.74) is 2.06. The van der Waals surface area contributed by atoms with Crippen molar-refractivity contribution in [3.8, 4) is 0 Å². The third kappa shape index (κ3) is 7.40. The zero-order valence-corrected chi connectivity index (χ0v) is 24.1. The quantitative estimate of drug-likeness (QED) is 0.198. The predicted molar refractivity (Wildman–Crippen MR) is 160 cm³/mol. The van der Waals surface area contributed by atoms with Crippen LogP contribution in [0.15, 0.2) is 121 Å². The summed E-state index contributed by atoms with van der Waals surface area (Å²) in [5.74, 6) is -0.119. The van der Waals surface area contributed by atoms with Crippen molar-refractivity contribution in [3.05, 3.63) is 132 Å². The molecule has 1 atom stereocenters. The van der Waals surface area contributed by atoms with Crippen molar-refractivity contribution >= 4 is 24.5 Å². The number of ether oxygens (including phenoxy) is 2. The molecule has 39 heavy (non-hydrogen) atoms. The Balaban J connectivity index is 1.56. The van der Waals surface area contributed by atoms with Crippen LogP contribution in [0.4, 0.5) is 0 Å². The Morgan fingerprint density at radius 1 is 0.667 bits per heavy atom. The van der Waals surface area contributed by atoms with E-state index in [1.807, 2.05) is 97.1 Å². The number of ketones is 1. The monoisotopic (exact) mass is 538 g/mol. The van der Waals surface area contributed by atoms with Crippen LogP contribution < -0.4 is 10.4 Å². The summed E-state index contributed by atoms with van der Waals surface area (Å²) >= 11 is 0. The van der Waals surface area contributed by atoms with E-state index in [0.29, 0.717) is 13.2 Å². The molecule has 0 aromatic heterocycles. The lowest BCUT2D eigenvalue weighted by atomic mass is 10.2. The molecule has 0 amide bonds. The van der Waals surface area contributed by atoms with Gasteiger partial charge in [-0.2, -0.15) is 0 Å². The molecule has 202 valence electrons. The Bertz CT molecular complexity index is 1230. The van der Waals surface area contributed by atoms with Gasteiger partial charge in [0.15, 0.2) is 5.78 Å². The van der Waals surface area contributed by atoms with Crippen LogP contribution in [0.5, 0.6) is 0 Å². The summed E-state index contributed by atoms with van der Waals surface area (Å²) in [5, 5.41) is 2.05. The van der Waals surface area contributed by atoms with E-state index in [-0.39, 0.29) is 24.0 Å². The van der Waals surface area contributed by atoms with Gasteiger partial charge in [0.25, 0.3) is 8.32 Å². The van der Waals surface area contributed by atoms with Gasteiger partial charge in [0.1, 0.15) is 6.10 Å². The van der Waals surface area contributed by atoms with Crippen LogP contribution in [-0.4, -0.2) is 33.4 Å². The van der Waals surface area contributed by atoms with Crippen LogP contribution >= 0.6 is 0 Å². The molecule has 0 unspecified atom stereocenters. The summed E-state index contributed by atoms with van der Waals surface area (Å²) in [6, 6.07) is 40.5. The molecule has 0 aliphatic heterocycles. The van der Waals surface area contributed by atoms with Crippen LogP contribution in [0.3, 0.4) is 0 Å². The molecule has 0 fully saturated rings. The van der Waals surface area contributed by atoms with Gasteiger partial charge in [-0.3, -0.25) is 4.79 Å². The van der Waals surface area contributed by atoms with Gasteiger partial charge in [-0.05, 0) is 26.5 Å². The van der Waals surface area contributed by atoms with Crippen LogP contribution in [0.25, 0.3) is 0 Å². The number of carbonyl (C=O) groups is 1. The molecule has 0 aliphatic rings. The average molecular weight is 539 g/mol. The smallest absolute Gasteiger partial charge is 0.261 e. The highest BCUT2D eigenvalue weighted by Gasteiger charge is 2.50. The van der Waals surface area contributed by atoms with Crippen molar-refractivity contribution < 1.29 is 18.7 Å².